The number of hydrogen-bond donors (Lipinski definition) is 1. The summed E-state index contributed by atoms with van der Waals surface area (Å²) in [5.74, 6) is -0.0819. The number of halogens is 1. The highest BCUT2D eigenvalue weighted by Gasteiger charge is 2.07. The van der Waals surface area contributed by atoms with Crippen LogP contribution in [0, 0.1) is 0 Å². The van der Waals surface area contributed by atoms with Crippen molar-refractivity contribution in [2.75, 3.05) is 0 Å². The molecule has 0 amide bonds. The summed E-state index contributed by atoms with van der Waals surface area (Å²) < 4.78 is 0. The first kappa shape index (κ1) is 14.7. The summed E-state index contributed by atoms with van der Waals surface area (Å²) in [5.41, 5.74) is 3.32. The average molecular weight is 333 g/mol. The molecule has 0 aliphatic carbocycles. The predicted octanol–water partition coefficient (Wildman–Crippen LogP) is 5.27. The molecule has 0 saturated carbocycles. The van der Waals surface area contributed by atoms with Crippen molar-refractivity contribution in [3.63, 3.8) is 0 Å². The standard InChI is InChI=1S/C20H13ClN2O/c21-14-7-5-13(6-8-14)19(24)10-9-18-20-16(11-12-22-18)15-3-1-2-4-17(15)23-20/h1-12,23H/b10-9+. The lowest BCUT2D eigenvalue weighted by molar-refractivity contribution is 0.104. The van der Waals surface area contributed by atoms with Crippen molar-refractivity contribution < 1.29 is 4.79 Å². The summed E-state index contributed by atoms with van der Waals surface area (Å²) in [6.45, 7) is 0. The van der Waals surface area contributed by atoms with Gasteiger partial charge >= 0.3 is 0 Å². The van der Waals surface area contributed by atoms with E-state index < -0.39 is 0 Å². The van der Waals surface area contributed by atoms with Crippen LogP contribution in [0.15, 0.2) is 66.9 Å². The molecule has 4 aromatic rings. The zero-order chi connectivity index (χ0) is 16.5. The quantitative estimate of drug-likeness (QED) is 0.410. The highest BCUT2D eigenvalue weighted by Crippen LogP contribution is 2.26. The number of nitrogens with zero attached hydrogens (tertiary/aromatic N) is 1. The first-order valence-electron chi connectivity index (χ1n) is 7.56. The van der Waals surface area contributed by atoms with Crippen molar-refractivity contribution in [1.29, 1.82) is 0 Å². The van der Waals surface area contributed by atoms with E-state index in [1.54, 1.807) is 36.5 Å². The number of aromatic nitrogens is 2. The summed E-state index contributed by atoms with van der Waals surface area (Å²) in [5, 5.41) is 2.85. The van der Waals surface area contributed by atoms with Gasteiger partial charge in [0.15, 0.2) is 5.78 Å². The van der Waals surface area contributed by atoms with Gasteiger partial charge < -0.3 is 4.98 Å². The third-order valence-corrected chi connectivity index (χ3v) is 4.23. The van der Waals surface area contributed by atoms with Crippen molar-refractivity contribution in [2.45, 2.75) is 0 Å². The van der Waals surface area contributed by atoms with Crippen molar-refractivity contribution >= 4 is 45.3 Å². The molecule has 4 heteroatoms. The first-order chi connectivity index (χ1) is 11.7. The van der Waals surface area contributed by atoms with E-state index in [2.05, 4.69) is 16.0 Å². The van der Waals surface area contributed by atoms with Crippen molar-refractivity contribution in [3.8, 4) is 0 Å². The van der Waals surface area contributed by atoms with E-state index in [-0.39, 0.29) is 5.78 Å². The Morgan fingerprint density at radius 2 is 1.79 bits per heavy atom. The number of ketones is 1. The van der Waals surface area contributed by atoms with E-state index in [1.165, 1.54) is 6.08 Å². The van der Waals surface area contributed by atoms with E-state index in [1.807, 2.05) is 24.3 Å². The van der Waals surface area contributed by atoms with Gasteiger partial charge in [-0.1, -0.05) is 29.8 Å². The van der Waals surface area contributed by atoms with Crippen LogP contribution in [0.3, 0.4) is 0 Å². The molecule has 2 aromatic heterocycles. The molecule has 4 rings (SSSR count). The van der Waals surface area contributed by atoms with Crippen LogP contribution >= 0.6 is 11.6 Å². The fourth-order valence-corrected chi connectivity index (χ4v) is 2.91. The second-order valence-electron chi connectivity index (χ2n) is 5.49. The maximum Gasteiger partial charge on any atom is 0.185 e. The first-order valence-corrected chi connectivity index (χ1v) is 7.93. The van der Waals surface area contributed by atoms with Gasteiger partial charge in [-0.15, -0.1) is 0 Å². The Morgan fingerprint density at radius 1 is 1.00 bits per heavy atom. The van der Waals surface area contributed by atoms with Crippen LogP contribution in [-0.4, -0.2) is 15.8 Å². The summed E-state index contributed by atoms with van der Waals surface area (Å²) in [4.78, 5) is 20.0. The number of nitrogens with one attached hydrogen (secondary N) is 1. The number of fused-ring (bicyclic) bond motifs is 3. The van der Waals surface area contributed by atoms with Crippen LogP contribution in [0.2, 0.25) is 5.02 Å². The van der Waals surface area contributed by atoms with E-state index in [9.17, 15) is 4.79 Å². The molecular weight excluding hydrogens is 320 g/mol. The highest BCUT2D eigenvalue weighted by molar-refractivity contribution is 6.30. The van der Waals surface area contributed by atoms with Gasteiger partial charge in [0.2, 0.25) is 0 Å². The second kappa shape index (κ2) is 5.95. The van der Waals surface area contributed by atoms with Gasteiger partial charge in [-0.25, -0.2) is 0 Å². The molecule has 0 radical (unpaired) electrons. The monoisotopic (exact) mass is 332 g/mol. The minimum Gasteiger partial charge on any atom is -0.353 e. The number of rotatable bonds is 3. The zero-order valence-electron chi connectivity index (χ0n) is 12.7. The van der Waals surface area contributed by atoms with E-state index in [0.29, 0.717) is 10.6 Å². The molecule has 0 fully saturated rings. The van der Waals surface area contributed by atoms with Crippen LogP contribution in [0.25, 0.3) is 27.9 Å². The molecule has 1 N–H and O–H groups in total. The van der Waals surface area contributed by atoms with Crippen molar-refractivity contribution in [1.82, 2.24) is 9.97 Å². The van der Waals surface area contributed by atoms with Gasteiger partial charge in [-0.3, -0.25) is 9.78 Å². The number of benzene rings is 2. The summed E-state index contributed by atoms with van der Waals surface area (Å²) in [6.07, 6.45) is 5.04. The fourth-order valence-electron chi connectivity index (χ4n) is 2.79. The molecule has 3 nitrogen and oxygen atoms in total. The Labute approximate surface area is 143 Å². The fraction of sp³-hybridized carbons (Fsp3) is 0. The minimum atomic E-state index is -0.0819. The molecule has 24 heavy (non-hydrogen) atoms. The Bertz CT molecular complexity index is 1080. The number of pyridine rings is 1. The van der Waals surface area contributed by atoms with Gasteiger partial charge in [0.25, 0.3) is 0 Å². The number of H-pyrrole nitrogens is 1. The minimum absolute atomic E-state index is 0.0819. The van der Waals surface area contributed by atoms with Gasteiger partial charge in [-0.05, 0) is 48.6 Å². The Morgan fingerprint density at radius 3 is 2.62 bits per heavy atom. The lowest BCUT2D eigenvalue weighted by Gasteiger charge is -1.97. The van der Waals surface area contributed by atoms with Crippen LogP contribution in [0.5, 0.6) is 0 Å². The second-order valence-corrected chi connectivity index (χ2v) is 5.93. The molecule has 0 unspecified atom stereocenters. The lowest BCUT2D eigenvalue weighted by Crippen LogP contribution is -1.93. The number of carbonyl (C=O) groups excluding carboxylic acids is 1. The number of allylic oxidation sites excluding steroid dienone is 1. The zero-order valence-corrected chi connectivity index (χ0v) is 13.4. The number of hydrogen-bond acceptors (Lipinski definition) is 2. The molecule has 116 valence electrons. The molecule has 2 aromatic carbocycles. The molecule has 0 saturated heterocycles. The highest BCUT2D eigenvalue weighted by atomic mass is 35.5. The average Bonchev–Trinajstić information content (AvgIpc) is 2.99. The third-order valence-electron chi connectivity index (χ3n) is 3.98. The normalized spacial score (nSPS) is 11.5. The Balaban J connectivity index is 1.74. The molecule has 0 atom stereocenters. The van der Waals surface area contributed by atoms with Crippen molar-refractivity contribution in [2.24, 2.45) is 0 Å². The van der Waals surface area contributed by atoms with Gasteiger partial charge in [0, 0.05) is 33.1 Å². The maximum atomic E-state index is 12.3. The van der Waals surface area contributed by atoms with Crippen molar-refractivity contribution in [3.05, 3.63) is 83.2 Å². The SMILES string of the molecule is O=C(/C=C/c1nccc2c1[nH]c1ccccc12)c1ccc(Cl)cc1. The van der Waals surface area contributed by atoms with Crippen LogP contribution in [0.4, 0.5) is 0 Å². The van der Waals surface area contributed by atoms with E-state index in [0.717, 1.165) is 27.5 Å². The summed E-state index contributed by atoms with van der Waals surface area (Å²) in [7, 11) is 0. The van der Waals surface area contributed by atoms with Gasteiger partial charge in [0.1, 0.15) is 0 Å². The van der Waals surface area contributed by atoms with Gasteiger partial charge in [-0.2, -0.15) is 0 Å². The largest absolute Gasteiger partial charge is 0.353 e. The molecule has 0 spiro atoms. The number of aromatic amines is 1. The maximum absolute atomic E-state index is 12.3. The predicted molar refractivity (Wildman–Crippen MR) is 98.4 cm³/mol. The van der Waals surface area contributed by atoms with Crippen LogP contribution < -0.4 is 0 Å². The lowest BCUT2D eigenvalue weighted by atomic mass is 10.1. The summed E-state index contributed by atoms with van der Waals surface area (Å²) >= 11 is 5.85. The van der Waals surface area contributed by atoms with Crippen LogP contribution in [-0.2, 0) is 0 Å². The molecule has 0 bridgehead atoms. The Hall–Kier alpha value is -2.91. The van der Waals surface area contributed by atoms with Gasteiger partial charge in [0.05, 0.1) is 11.2 Å². The smallest absolute Gasteiger partial charge is 0.185 e. The van der Waals surface area contributed by atoms with Crippen LogP contribution in [0.1, 0.15) is 16.1 Å². The number of carbonyl (C=O) groups is 1. The summed E-state index contributed by atoms with van der Waals surface area (Å²) in [6, 6.07) is 16.9. The topological polar surface area (TPSA) is 45.8 Å². The molecule has 0 aliphatic heterocycles. The molecular formula is C20H13ClN2O. The number of para-hydroxylation sites is 1. The molecule has 0 aliphatic rings. The Kier molecular flexibility index (Phi) is 3.63. The van der Waals surface area contributed by atoms with E-state index >= 15 is 0 Å². The van der Waals surface area contributed by atoms with E-state index in [4.69, 9.17) is 11.6 Å². The third kappa shape index (κ3) is 2.59. The molecule has 2 heterocycles.